The highest BCUT2D eigenvalue weighted by Gasteiger charge is 2.22. The van der Waals surface area contributed by atoms with E-state index >= 15 is 0 Å². The number of aromatic hydroxyl groups is 1. The predicted molar refractivity (Wildman–Crippen MR) is 74.8 cm³/mol. The molecule has 0 saturated carbocycles. The van der Waals surface area contributed by atoms with Crippen LogP contribution in [0.15, 0.2) is 18.2 Å². The number of phenols is 1. The number of hydrogen-bond donors (Lipinski definition) is 2. The predicted octanol–water partition coefficient (Wildman–Crippen LogP) is 2.67. The molecule has 1 heterocycles. The van der Waals surface area contributed by atoms with Crippen molar-refractivity contribution in [3.63, 3.8) is 0 Å². The second kappa shape index (κ2) is 6.35. The molecule has 1 aliphatic heterocycles. The van der Waals surface area contributed by atoms with Gasteiger partial charge >= 0.3 is 0 Å². The zero-order valence-electron chi connectivity index (χ0n) is 11.7. The molecule has 0 spiro atoms. The molecule has 2 atom stereocenters. The Hall–Kier alpha value is -1.13. The lowest BCUT2D eigenvalue weighted by Crippen LogP contribution is -2.39. The molecule has 0 aliphatic carbocycles. The Morgan fingerprint density at radius 2 is 2.32 bits per heavy atom. The monoisotopic (exact) mass is 266 g/mol. The Labute approximate surface area is 114 Å². The lowest BCUT2D eigenvalue weighted by Gasteiger charge is -2.30. The van der Waals surface area contributed by atoms with Gasteiger partial charge in [-0.2, -0.15) is 0 Å². The van der Waals surface area contributed by atoms with Gasteiger partial charge < -0.3 is 10.4 Å². The van der Waals surface area contributed by atoms with Gasteiger partial charge in [0.15, 0.2) is 0 Å². The van der Waals surface area contributed by atoms with Crippen molar-refractivity contribution >= 4 is 0 Å². The van der Waals surface area contributed by atoms with Gasteiger partial charge in [0.05, 0.1) is 0 Å². The molecular formula is C15H23FN2O. The highest BCUT2D eigenvalue weighted by Crippen LogP contribution is 2.26. The van der Waals surface area contributed by atoms with Crippen molar-refractivity contribution in [2.45, 2.75) is 38.8 Å². The molecule has 1 saturated heterocycles. The Morgan fingerprint density at radius 1 is 1.53 bits per heavy atom. The maximum atomic E-state index is 13.9. The normalized spacial score (nSPS) is 20.9. The molecule has 106 valence electrons. The first kappa shape index (κ1) is 14.3. The molecule has 19 heavy (non-hydrogen) atoms. The van der Waals surface area contributed by atoms with E-state index in [1.54, 1.807) is 12.1 Å². The molecule has 0 radical (unpaired) electrons. The van der Waals surface area contributed by atoms with Crippen LogP contribution >= 0.6 is 0 Å². The zero-order chi connectivity index (χ0) is 13.8. The molecule has 1 fully saturated rings. The summed E-state index contributed by atoms with van der Waals surface area (Å²) in [6, 6.07) is 4.96. The fraction of sp³-hybridized carbons (Fsp3) is 0.600. The maximum absolute atomic E-state index is 13.9. The molecule has 2 N–H and O–H groups in total. The molecule has 1 aromatic carbocycles. The molecule has 2 unspecified atom stereocenters. The quantitative estimate of drug-likeness (QED) is 0.860. The van der Waals surface area contributed by atoms with Crippen LogP contribution in [0.2, 0.25) is 0 Å². The molecule has 1 aliphatic rings. The fourth-order valence-corrected chi connectivity index (χ4v) is 2.81. The summed E-state index contributed by atoms with van der Waals surface area (Å²) in [6.45, 7) is 7.04. The summed E-state index contributed by atoms with van der Waals surface area (Å²) in [7, 11) is 0. The van der Waals surface area contributed by atoms with Gasteiger partial charge in [-0.05, 0) is 38.9 Å². The first-order valence-electron chi connectivity index (χ1n) is 7.07. The van der Waals surface area contributed by atoms with Crippen LogP contribution in [0.25, 0.3) is 0 Å². The highest BCUT2D eigenvalue weighted by atomic mass is 19.1. The van der Waals surface area contributed by atoms with Crippen molar-refractivity contribution in [2.75, 3.05) is 19.6 Å². The number of nitrogens with one attached hydrogen (secondary N) is 1. The standard InChI is InChI=1S/C15H23FN2O/c1-3-18(10-12-5-4-8-17-12)11(2)14-7-6-13(19)9-15(14)16/h6-7,9,11-12,17,19H,3-5,8,10H2,1-2H3. The number of likely N-dealkylation sites (N-methyl/N-ethyl adjacent to an activating group) is 1. The summed E-state index contributed by atoms with van der Waals surface area (Å²) < 4.78 is 13.9. The first-order chi connectivity index (χ1) is 9.11. The van der Waals surface area contributed by atoms with Gasteiger partial charge in [0.1, 0.15) is 11.6 Å². The fourth-order valence-electron chi connectivity index (χ4n) is 2.81. The molecule has 0 bridgehead atoms. The largest absolute Gasteiger partial charge is 0.508 e. The summed E-state index contributed by atoms with van der Waals surface area (Å²) in [4.78, 5) is 2.28. The average molecular weight is 266 g/mol. The lowest BCUT2D eigenvalue weighted by atomic mass is 10.0. The van der Waals surface area contributed by atoms with E-state index in [0.717, 1.165) is 19.6 Å². The third-order valence-electron chi connectivity index (χ3n) is 4.01. The minimum absolute atomic E-state index is 0.0195. The minimum atomic E-state index is -0.328. The van der Waals surface area contributed by atoms with E-state index in [1.807, 2.05) is 6.92 Å². The summed E-state index contributed by atoms with van der Waals surface area (Å²) in [5.41, 5.74) is 0.651. The van der Waals surface area contributed by atoms with Crippen LogP contribution in [0.4, 0.5) is 4.39 Å². The smallest absolute Gasteiger partial charge is 0.131 e. The van der Waals surface area contributed by atoms with Crippen molar-refractivity contribution in [1.29, 1.82) is 0 Å². The number of phenolic OH excluding ortho intramolecular Hbond substituents is 1. The number of nitrogens with zero attached hydrogens (tertiary/aromatic N) is 1. The van der Waals surface area contributed by atoms with Crippen molar-refractivity contribution < 1.29 is 9.50 Å². The molecule has 0 amide bonds. The van der Waals surface area contributed by atoms with Crippen molar-refractivity contribution in [3.8, 4) is 5.75 Å². The van der Waals surface area contributed by atoms with E-state index in [4.69, 9.17) is 0 Å². The van der Waals surface area contributed by atoms with E-state index in [2.05, 4.69) is 17.1 Å². The molecule has 1 aromatic rings. The van der Waals surface area contributed by atoms with E-state index in [-0.39, 0.29) is 17.6 Å². The van der Waals surface area contributed by atoms with Crippen LogP contribution in [-0.2, 0) is 0 Å². The van der Waals surface area contributed by atoms with Crippen LogP contribution in [0.5, 0.6) is 5.75 Å². The summed E-state index contributed by atoms with van der Waals surface area (Å²) in [5, 5.41) is 12.8. The second-order valence-corrected chi connectivity index (χ2v) is 5.26. The van der Waals surface area contributed by atoms with Gasteiger partial charge in [-0.3, -0.25) is 4.90 Å². The third kappa shape index (κ3) is 3.45. The van der Waals surface area contributed by atoms with Gasteiger partial charge in [-0.15, -0.1) is 0 Å². The van der Waals surface area contributed by atoms with Crippen LogP contribution in [-0.4, -0.2) is 35.7 Å². The summed E-state index contributed by atoms with van der Waals surface area (Å²) in [6.07, 6.45) is 2.42. The summed E-state index contributed by atoms with van der Waals surface area (Å²) in [5.74, 6) is -0.348. The van der Waals surface area contributed by atoms with E-state index in [0.29, 0.717) is 11.6 Å². The van der Waals surface area contributed by atoms with Crippen LogP contribution < -0.4 is 5.32 Å². The minimum Gasteiger partial charge on any atom is -0.508 e. The number of hydrogen-bond acceptors (Lipinski definition) is 3. The Kier molecular flexibility index (Phi) is 4.77. The van der Waals surface area contributed by atoms with Crippen LogP contribution in [0.3, 0.4) is 0 Å². The van der Waals surface area contributed by atoms with Crippen molar-refractivity contribution in [2.24, 2.45) is 0 Å². The van der Waals surface area contributed by atoms with Gasteiger partial charge in [-0.1, -0.05) is 13.0 Å². The zero-order valence-corrected chi connectivity index (χ0v) is 11.7. The van der Waals surface area contributed by atoms with Gasteiger partial charge in [0, 0.05) is 30.3 Å². The molecular weight excluding hydrogens is 243 g/mol. The van der Waals surface area contributed by atoms with E-state index < -0.39 is 0 Å². The van der Waals surface area contributed by atoms with Gasteiger partial charge in [-0.25, -0.2) is 4.39 Å². The van der Waals surface area contributed by atoms with Gasteiger partial charge in [0.25, 0.3) is 0 Å². The number of halogens is 1. The van der Waals surface area contributed by atoms with Gasteiger partial charge in [0.2, 0.25) is 0 Å². The average Bonchev–Trinajstić information content (AvgIpc) is 2.88. The molecule has 3 nitrogen and oxygen atoms in total. The Morgan fingerprint density at radius 3 is 2.89 bits per heavy atom. The number of benzene rings is 1. The summed E-state index contributed by atoms with van der Waals surface area (Å²) >= 11 is 0. The SMILES string of the molecule is CCN(CC1CCCN1)C(C)c1ccc(O)cc1F. The van der Waals surface area contributed by atoms with Crippen LogP contribution in [0, 0.1) is 5.82 Å². The van der Waals surface area contributed by atoms with Crippen LogP contribution in [0.1, 0.15) is 38.3 Å². The van der Waals surface area contributed by atoms with Crippen molar-refractivity contribution in [1.82, 2.24) is 10.2 Å². The Balaban J connectivity index is 2.08. The molecule has 0 aromatic heterocycles. The topological polar surface area (TPSA) is 35.5 Å². The third-order valence-corrected chi connectivity index (χ3v) is 4.01. The Bertz CT molecular complexity index is 419. The van der Waals surface area contributed by atoms with E-state index in [9.17, 15) is 9.50 Å². The first-order valence-corrected chi connectivity index (χ1v) is 7.07. The van der Waals surface area contributed by atoms with Crippen molar-refractivity contribution in [3.05, 3.63) is 29.6 Å². The maximum Gasteiger partial charge on any atom is 0.131 e. The molecule has 2 rings (SSSR count). The lowest BCUT2D eigenvalue weighted by molar-refractivity contribution is 0.199. The molecule has 4 heteroatoms. The highest BCUT2D eigenvalue weighted by molar-refractivity contribution is 5.29. The van der Waals surface area contributed by atoms with E-state index in [1.165, 1.54) is 18.9 Å². The number of rotatable bonds is 5. The second-order valence-electron chi connectivity index (χ2n) is 5.26.